The molecule has 1 aliphatic carbocycles. The van der Waals surface area contributed by atoms with E-state index in [2.05, 4.69) is 17.2 Å². The van der Waals surface area contributed by atoms with E-state index in [4.69, 9.17) is 5.73 Å². The van der Waals surface area contributed by atoms with E-state index in [-0.39, 0.29) is 0 Å². The minimum absolute atomic E-state index is 0.714. The molecule has 2 aromatic rings. The van der Waals surface area contributed by atoms with Gasteiger partial charge in [-0.15, -0.1) is 0 Å². The molecule has 0 bridgehead atoms. The Morgan fingerprint density at radius 1 is 1.00 bits per heavy atom. The zero-order valence-corrected chi connectivity index (χ0v) is 9.89. The molecule has 0 saturated heterocycles. The highest BCUT2D eigenvalue weighted by molar-refractivity contribution is 5.47. The molecule has 2 N–H and O–H groups in total. The van der Waals surface area contributed by atoms with Crippen molar-refractivity contribution in [1.29, 1.82) is 0 Å². The van der Waals surface area contributed by atoms with Crippen molar-refractivity contribution in [2.45, 2.75) is 32.1 Å². The number of fused-ring (bicyclic) bond motifs is 1. The predicted molar refractivity (Wildman–Crippen MR) is 69.2 cm³/mol. The topological polar surface area (TPSA) is 43.8 Å². The van der Waals surface area contributed by atoms with Gasteiger partial charge < -0.3 is 5.73 Å². The molecule has 3 rings (SSSR count). The summed E-state index contributed by atoms with van der Waals surface area (Å²) in [6, 6.07) is 10.3. The lowest BCUT2D eigenvalue weighted by atomic mass is 10.1. The molecule has 1 heterocycles. The van der Waals surface area contributed by atoms with E-state index < -0.39 is 0 Å². The number of nitrogen functional groups attached to an aromatic ring is 1. The molecule has 3 heteroatoms. The predicted octanol–water partition coefficient (Wildman–Crippen LogP) is 2.72. The minimum Gasteiger partial charge on any atom is -0.382 e. The minimum atomic E-state index is 0.714. The number of hydrogen-bond acceptors (Lipinski definition) is 2. The van der Waals surface area contributed by atoms with E-state index in [0.29, 0.717) is 5.82 Å². The highest BCUT2D eigenvalue weighted by Crippen LogP contribution is 2.27. The summed E-state index contributed by atoms with van der Waals surface area (Å²) in [4.78, 5) is 0. The normalized spacial score (nSPS) is 15.3. The summed E-state index contributed by atoms with van der Waals surface area (Å²) in [5.41, 5.74) is 9.73. The SMILES string of the molecule is Nc1nn(-c2ccccc2)c2c1CCCCC2. The summed E-state index contributed by atoms with van der Waals surface area (Å²) in [5, 5.41) is 4.50. The van der Waals surface area contributed by atoms with Crippen LogP contribution in [-0.4, -0.2) is 9.78 Å². The van der Waals surface area contributed by atoms with Crippen molar-refractivity contribution in [1.82, 2.24) is 9.78 Å². The zero-order valence-electron chi connectivity index (χ0n) is 9.89. The van der Waals surface area contributed by atoms with E-state index in [1.807, 2.05) is 22.9 Å². The van der Waals surface area contributed by atoms with Gasteiger partial charge >= 0.3 is 0 Å². The third-order valence-corrected chi connectivity index (χ3v) is 3.46. The fourth-order valence-electron chi connectivity index (χ4n) is 2.59. The standard InChI is InChI=1S/C14H17N3/c15-14-12-9-5-2-6-10-13(12)17(16-14)11-7-3-1-4-8-11/h1,3-4,7-8H,2,5-6,9-10H2,(H2,15,16). The summed E-state index contributed by atoms with van der Waals surface area (Å²) < 4.78 is 2.02. The summed E-state index contributed by atoms with van der Waals surface area (Å²) >= 11 is 0. The molecule has 0 saturated carbocycles. The van der Waals surface area contributed by atoms with Crippen LogP contribution in [0.25, 0.3) is 5.69 Å². The Hall–Kier alpha value is -1.77. The number of para-hydroxylation sites is 1. The Labute approximate surface area is 101 Å². The molecule has 1 aliphatic rings. The fraction of sp³-hybridized carbons (Fsp3) is 0.357. The summed E-state index contributed by atoms with van der Waals surface area (Å²) in [6.07, 6.45) is 5.94. The molecule has 0 radical (unpaired) electrons. The molecular formula is C14H17N3. The molecule has 0 amide bonds. The Kier molecular flexibility index (Phi) is 2.59. The fourth-order valence-corrected chi connectivity index (χ4v) is 2.59. The van der Waals surface area contributed by atoms with Crippen molar-refractivity contribution >= 4 is 5.82 Å². The van der Waals surface area contributed by atoms with Crippen LogP contribution in [0.3, 0.4) is 0 Å². The number of benzene rings is 1. The van der Waals surface area contributed by atoms with Crippen LogP contribution in [0.1, 0.15) is 30.5 Å². The maximum Gasteiger partial charge on any atom is 0.149 e. The third kappa shape index (κ3) is 1.82. The highest BCUT2D eigenvalue weighted by atomic mass is 15.3. The van der Waals surface area contributed by atoms with Gasteiger partial charge in [0.1, 0.15) is 5.82 Å². The lowest BCUT2D eigenvalue weighted by molar-refractivity contribution is 0.690. The lowest BCUT2D eigenvalue weighted by Gasteiger charge is -2.06. The Bertz CT molecular complexity index is 514. The maximum atomic E-state index is 6.04. The van der Waals surface area contributed by atoms with Gasteiger partial charge in [-0.05, 0) is 37.8 Å². The molecule has 0 atom stereocenters. The average molecular weight is 227 g/mol. The van der Waals surface area contributed by atoms with Gasteiger partial charge in [0.2, 0.25) is 0 Å². The zero-order chi connectivity index (χ0) is 11.7. The quantitative estimate of drug-likeness (QED) is 0.761. The van der Waals surface area contributed by atoms with Crippen molar-refractivity contribution in [3.63, 3.8) is 0 Å². The smallest absolute Gasteiger partial charge is 0.149 e. The van der Waals surface area contributed by atoms with Gasteiger partial charge in [0.05, 0.1) is 5.69 Å². The second kappa shape index (κ2) is 4.24. The van der Waals surface area contributed by atoms with Crippen LogP contribution in [0.15, 0.2) is 30.3 Å². The van der Waals surface area contributed by atoms with E-state index in [1.165, 1.54) is 30.5 Å². The van der Waals surface area contributed by atoms with Crippen LogP contribution in [0, 0.1) is 0 Å². The van der Waals surface area contributed by atoms with E-state index in [9.17, 15) is 0 Å². The second-order valence-corrected chi connectivity index (χ2v) is 4.62. The van der Waals surface area contributed by atoms with Crippen LogP contribution in [0.2, 0.25) is 0 Å². The molecule has 3 nitrogen and oxygen atoms in total. The van der Waals surface area contributed by atoms with E-state index >= 15 is 0 Å². The molecule has 0 spiro atoms. The van der Waals surface area contributed by atoms with Crippen molar-refractivity contribution in [3.05, 3.63) is 41.6 Å². The number of nitrogens with zero attached hydrogens (tertiary/aromatic N) is 2. The van der Waals surface area contributed by atoms with Crippen LogP contribution in [0.4, 0.5) is 5.82 Å². The van der Waals surface area contributed by atoms with Gasteiger partial charge in [-0.1, -0.05) is 24.6 Å². The first-order valence-corrected chi connectivity index (χ1v) is 6.28. The largest absolute Gasteiger partial charge is 0.382 e. The van der Waals surface area contributed by atoms with Crippen molar-refractivity contribution in [2.75, 3.05) is 5.73 Å². The number of hydrogen-bond donors (Lipinski definition) is 1. The molecule has 17 heavy (non-hydrogen) atoms. The number of anilines is 1. The van der Waals surface area contributed by atoms with Gasteiger partial charge in [0, 0.05) is 11.3 Å². The summed E-state index contributed by atoms with van der Waals surface area (Å²) in [7, 11) is 0. The van der Waals surface area contributed by atoms with Crippen LogP contribution in [0.5, 0.6) is 0 Å². The average Bonchev–Trinajstić information content (AvgIpc) is 2.57. The van der Waals surface area contributed by atoms with Gasteiger partial charge in [0.15, 0.2) is 0 Å². The Balaban J connectivity index is 2.12. The maximum absolute atomic E-state index is 6.04. The van der Waals surface area contributed by atoms with Gasteiger partial charge in [-0.2, -0.15) is 5.10 Å². The monoisotopic (exact) mass is 227 g/mol. The van der Waals surface area contributed by atoms with Gasteiger partial charge in [0.25, 0.3) is 0 Å². The molecule has 0 aliphatic heterocycles. The lowest BCUT2D eigenvalue weighted by Crippen LogP contribution is -2.02. The molecule has 88 valence electrons. The van der Waals surface area contributed by atoms with E-state index in [1.54, 1.807) is 0 Å². The first-order valence-electron chi connectivity index (χ1n) is 6.28. The summed E-state index contributed by atoms with van der Waals surface area (Å²) in [6.45, 7) is 0. The Morgan fingerprint density at radius 3 is 2.59 bits per heavy atom. The number of rotatable bonds is 1. The van der Waals surface area contributed by atoms with Crippen LogP contribution >= 0.6 is 0 Å². The Morgan fingerprint density at radius 2 is 1.76 bits per heavy atom. The van der Waals surface area contributed by atoms with Crippen molar-refractivity contribution in [2.24, 2.45) is 0 Å². The van der Waals surface area contributed by atoms with E-state index in [0.717, 1.165) is 18.5 Å². The molecular weight excluding hydrogens is 210 g/mol. The van der Waals surface area contributed by atoms with Crippen molar-refractivity contribution in [3.8, 4) is 5.69 Å². The molecule has 1 aromatic heterocycles. The molecule has 0 fully saturated rings. The molecule has 1 aromatic carbocycles. The first kappa shape index (κ1) is 10.4. The van der Waals surface area contributed by atoms with Crippen LogP contribution < -0.4 is 5.73 Å². The summed E-state index contributed by atoms with van der Waals surface area (Å²) in [5.74, 6) is 0.714. The van der Waals surface area contributed by atoms with Crippen LogP contribution in [-0.2, 0) is 12.8 Å². The van der Waals surface area contributed by atoms with Gasteiger partial charge in [-0.25, -0.2) is 4.68 Å². The first-order chi connectivity index (χ1) is 8.36. The number of nitrogens with two attached hydrogens (primary N) is 1. The number of aromatic nitrogens is 2. The van der Waals surface area contributed by atoms with Crippen molar-refractivity contribution < 1.29 is 0 Å². The van der Waals surface area contributed by atoms with Gasteiger partial charge in [-0.3, -0.25) is 0 Å². The third-order valence-electron chi connectivity index (χ3n) is 3.46. The second-order valence-electron chi connectivity index (χ2n) is 4.62. The molecule has 0 unspecified atom stereocenters. The highest BCUT2D eigenvalue weighted by Gasteiger charge is 2.18.